The van der Waals surface area contributed by atoms with E-state index >= 15 is 0 Å². The summed E-state index contributed by atoms with van der Waals surface area (Å²) in [7, 11) is 1.67. The lowest BCUT2D eigenvalue weighted by atomic mass is 10.1. The van der Waals surface area contributed by atoms with Gasteiger partial charge in [0, 0.05) is 39.4 Å². The molecule has 0 aliphatic carbocycles. The lowest BCUT2D eigenvalue weighted by Gasteiger charge is -2.37. The number of hydrogen-bond donors (Lipinski definition) is 2. The Labute approximate surface area is 104 Å². The van der Waals surface area contributed by atoms with E-state index in [1.807, 2.05) is 0 Å². The number of nitrogens with one attached hydrogen (secondary N) is 2. The number of nitrogens with zero attached hydrogens (tertiary/aromatic N) is 1. The van der Waals surface area contributed by atoms with Crippen LogP contribution >= 0.6 is 0 Å². The van der Waals surface area contributed by atoms with Gasteiger partial charge in [0.2, 0.25) is 5.91 Å². The third-order valence-electron chi connectivity index (χ3n) is 2.98. The second-order valence-corrected chi connectivity index (χ2v) is 4.48. The maximum absolute atomic E-state index is 11.7. The summed E-state index contributed by atoms with van der Waals surface area (Å²) in [4.78, 5) is 14.0. The van der Waals surface area contributed by atoms with Gasteiger partial charge in [-0.2, -0.15) is 0 Å². The van der Waals surface area contributed by atoms with E-state index in [2.05, 4.69) is 22.5 Å². The number of amides is 1. The van der Waals surface area contributed by atoms with Gasteiger partial charge in [-0.25, -0.2) is 0 Å². The van der Waals surface area contributed by atoms with Gasteiger partial charge in [-0.15, -0.1) is 0 Å². The van der Waals surface area contributed by atoms with E-state index in [0.29, 0.717) is 25.7 Å². The molecule has 0 radical (unpaired) electrons. The molecule has 0 unspecified atom stereocenters. The zero-order valence-electron chi connectivity index (χ0n) is 11.0. The lowest BCUT2D eigenvalue weighted by molar-refractivity contribution is -0.123. The summed E-state index contributed by atoms with van der Waals surface area (Å²) in [5.41, 5.74) is 0. The molecule has 5 nitrogen and oxygen atoms in total. The van der Waals surface area contributed by atoms with E-state index in [9.17, 15) is 4.79 Å². The smallest absolute Gasteiger partial charge is 0.234 e. The van der Waals surface area contributed by atoms with Crippen molar-refractivity contribution in [3.63, 3.8) is 0 Å². The summed E-state index contributed by atoms with van der Waals surface area (Å²) in [5.74, 6) is 0.126. The van der Waals surface area contributed by atoms with Gasteiger partial charge in [-0.3, -0.25) is 9.69 Å². The summed E-state index contributed by atoms with van der Waals surface area (Å²) in [5, 5.41) is 6.17. The van der Waals surface area contributed by atoms with Crippen LogP contribution in [0, 0.1) is 0 Å². The molecule has 0 spiro atoms. The zero-order valence-corrected chi connectivity index (χ0v) is 11.0. The zero-order chi connectivity index (χ0) is 12.5. The minimum Gasteiger partial charge on any atom is -0.385 e. The predicted octanol–water partition coefficient (Wildman–Crippen LogP) is -0.177. The second kappa shape index (κ2) is 8.44. The quantitative estimate of drug-likeness (QED) is 0.552. The largest absolute Gasteiger partial charge is 0.385 e. The molecule has 1 saturated heterocycles. The van der Waals surface area contributed by atoms with E-state index in [4.69, 9.17) is 4.74 Å². The number of hydrogen-bond acceptors (Lipinski definition) is 4. The maximum Gasteiger partial charge on any atom is 0.234 e. The molecule has 0 aromatic heterocycles. The normalized spacial score (nSPS) is 15.9. The summed E-state index contributed by atoms with van der Waals surface area (Å²) in [6, 6.07) is 0.541. The minimum absolute atomic E-state index is 0.126. The molecule has 100 valence electrons. The van der Waals surface area contributed by atoms with Crippen molar-refractivity contribution in [1.82, 2.24) is 15.5 Å². The van der Waals surface area contributed by atoms with Crippen LogP contribution < -0.4 is 10.6 Å². The highest BCUT2D eigenvalue weighted by atomic mass is 16.5. The summed E-state index contributed by atoms with van der Waals surface area (Å²) in [6.07, 6.45) is 1.97. The van der Waals surface area contributed by atoms with Crippen molar-refractivity contribution in [2.75, 3.05) is 46.4 Å². The lowest BCUT2D eigenvalue weighted by Crippen LogP contribution is -2.59. The van der Waals surface area contributed by atoms with Gasteiger partial charge in [-0.1, -0.05) is 6.92 Å². The minimum atomic E-state index is 0.126. The molecule has 1 amide bonds. The Morgan fingerprint density at radius 1 is 1.53 bits per heavy atom. The Balaban J connectivity index is 2.16. The molecule has 0 aromatic carbocycles. The first kappa shape index (κ1) is 14.4. The van der Waals surface area contributed by atoms with Crippen LogP contribution in [0.15, 0.2) is 0 Å². The van der Waals surface area contributed by atoms with Gasteiger partial charge in [0.25, 0.3) is 0 Å². The Morgan fingerprint density at radius 2 is 2.29 bits per heavy atom. The highest BCUT2D eigenvalue weighted by molar-refractivity contribution is 5.78. The van der Waals surface area contributed by atoms with Crippen LogP contribution in [-0.4, -0.2) is 63.3 Å². The molecule has 0 saturated carbocycles. The number of ether oxygens (including phenoxy) is 1. The van der Waals surface area contributed by atoms with Crippen LogP contribution in [-0.2, 0) is 9.53 Å². The maximum atomic E-state index is 11.7. The Bertz CT molecular complexity index is 220. The van der Waals surface area contributed by atoms with Crippen LogP contribution in [0.2, 0.25) is 0 Å². The van der Waals surface area contributed by atoms with Gasteiger partial charge in [-0.05, 0) is 19.4 Å². The molecule has 1 aliphatic heterocycles. The molecule has 17 heavy (non-hydrogen) atoms. The third kappa shape index (κ3) is 5.48. The van der Waals surface area contributed by atoms with Gasteiger partial charge < -0.3 is 15.4 Å². The summed E-state index contributed by atoms with van der Waals surface area (Å²) < 4.78 is 4.94. The van der Waals surface area contributed by atoms with Crippen molar-refractivity contribution < 1.29 is 9.53 Å². The van der Waals surface area contributed by atoms with Crippen LogP contribution in [0.5, 0.6) is 0 Å². The molecule has 1 fully saturated rings. The topological polar surface area (TPSA) is 53.6 Å². The van der Waals surface area contributed by atoms with E-state index in [1.54, 1.807) is 7.11 Å². The van der Waals surface area contributed by atoms with Crippen molar-refractivity contribution in [2.24, 2.45) is 0 Å². The van der Waals surface area contributed by atoms with Crippen LogP contribution in [0.25, 0.3) is 0 Å². The fourth-order valence-corrected chi connectivity index (χ4v) is 1.89. The Kier molecular flexibility index (Phi) is 7.16. The van der Waals surface area contributed by atoms with Crippen molar-refractivity contribution >= 4 is 5.91 Å². The van der Waals surface area contributed by atoms with Crippen molar-refractivity contribution in [3.05, 3.63) is 0 Å². The van der Waals surface area contributed by atoms with E-state index in [1.165, 1.54) is 0 Å². The number of carbonyl (C=O) groups is 1. The Hall–Kier alpha value is -0.650. The van der Waals surface area contributed by atoms with E-state index in [-0.39, 0.29) is 5.91 Å². The van der Waals surface area contributed by atoms with Gasteiger partial charge in [0.05, 0.1) is 6.54 Å². The van der Waals surface area contributed by atoms with E-state index < -0.39 is 0 Å². The first-order valence-electron chi connectivity index (χ1n) is 6.48. The third-order valence-corrected chi connectivity index (χ3v) is 2.98. The van der Waals surface area contributed by atoms with E-state index in [0.717, 1.165) is 32.5 Å². The molecule has 2 N–H and O–H groups in total. The molecule has 0 bridgehead atoms. The molecular formula is C12H25N3O2. The monoisotopic (exact) mass is 243 g/mol. The second-order valence-electron chi connectivity index (χ2n) is 4.48. The molecule has 1 rings (SSSR count). The van der Waals surface area contributed by atoms with Gasteiger partial charge in [0.15, 0.2) is 0 Å². The SMILES string of the molecule is CCCN(CC(=O)NCCCOC)C1CNC1. The average Bonchev–Trinajstić information content (AvgIpc) is 2.22. The molecular weight excluding hydrogens is 218 g/mol. The van der Waals surface area contributed by atoms with Crippen LogP contribution in [0.3, 0.4) is 0 Å². The standard InChI is InChI=1S/C12H25N3O2/c1-3-6-15(11-8-13-9-11)10-12(16)14-5-4-7-17-2/h11,13H,3-10H2,1-2H3,(H,14,16). The summed E-state index contributed by atoms with van der Waals surface area (Å²) >= 11 is 0. The first-order chi connectivity index (χ1) is 8.27. The highest BCUT2D eigenvalue weighted by Crippen LogP contribution is 2.05. The van der Waals surface area contributed by atoms with Crippen molar-refractivity contribution in [1.29, 1.82) is 0 Å². The fourth-order valence-electron chi connectivity index (χ4n) is 1.89. The first-order valence-corrected chi connectivity index (χ1v) is 6.48. The van der Waals surface area contributed by atoms with Crippen LogP contribution in [0.4, 0.5) is 0 Å². The van der Waals surface area contributed by atoms with Gasteiger partial charge in [0.1, 0.15) is 0 Å². The highest BCUT2D eigenvalue weighted by Gasteiger charge is 2.25. The summed E-state index contributed by atoms with van der Waals surface area (Å²) in [6.45, 7) is 7.09. The number of methoxy groups -OCH3 is 1. The Morgan fingerprint density at radius 3 is 2.82 bits per heavy atom. The van der Waals surface area contributed by atoms with Crippen LogP contribution in [0.1, 0.15) is 19.8 Å². The predicted molar refractivity (Wildman–Crippen MR) is 68.0 cm³/mol. The fraction of sp³-hybridized carbons (Fsp3) is 0.917. The molecule has 0 aromatic rings. The number of rotatable bonds is 9. The molecule has 1 heterocycles. The molecule has 1 aliphatic rings. The molecule has 0 atom stereocenters. The van der Waals surface area contributed by atoms with Gasteiger partial charge >= 0.3 is 0 Å². The van der Waals surface area contributed by atoms with Crippen molar-refractivity contribution in [3.8, 4) is 0 Å². The number of carbonyl (C=O) groups excluding carboxylic acids is 1. The van der Waals surface area contributed by atoms with Crippen molar-refractivity contribution in [2.45, 2.75) is 25.8 Å². The molecule has 5 heteroatoms. The average molecular weight is 243 g/mol.